The van der Waals surface area contributed by atoms with Crippen LogP contribution in [0.2, 0.25) is 0 Å². The summed E-state index contributed by atoms with van der Waals surface area (Å²) in [5, 5.41) is 9.11. The molecule has 0 N–H and O–H groups in total. The van der Waals surface area contributed by atoms with Gasteiger partial charge in [-0.05, 0) is 19.8 Å². The Kier molecular flexibility index (Phi) is 8.60. The molecule has 0 aromatic heterocycles. The van der Waals surface area contributed by atoms with Crippen molar-refractivity contribution in [3.05, 3.63) is 10.1 Å². The predicted molar refractivity (Wildman–Crippen MR) is 65.1 cm³/mol. The number of rotatable bonds is 9. The molecule has 0 fully saturated rings. The van der Waals surface area contributed by atoms with Crippen LogP contribution in [0.15, 0.2) is 0 Å². The van der Waals surface area contributed by atoms with Gasteiger partial charge in [0.25, 0.3) is 5.09 Å². The van der Waals surface area contributed by atoms with Gasteiger partial charge in [-0.25, -0.2) is 4.79 Å². The number of ether oxygens (including phenoxy) is 3. The maximum absolute atomic E-state index is 11.2. The van der Waals surface area contributed by atoms with Gasteiger partial charge in [0.1, 0.15) is 18.8 Å². The number of nitrogens with zero attached hydrogens (tertiary/aromatic N) is 1. The van der Waals surface area contributed by atoms with Crippen LogP contribution in [-0.2, 0) is 19.0 Å². The van der Waals surface area contributed by atoms with E-state index in [4.69, 9.17) is 14.2 Å². The Balaban J connectivity index is 3.54. The summed E-state index contributed by atoms with van der Waals surface area (Å²) in [5.74, 6) is 0.212. The molecule has 0 aromatic rings. The van der Waals surface area contributed by atoms with E-state index >= 15 is 0 Å². The minimum Gasteiger partial charge on any atom is -0.432 e. The molecule has 0 heterocycles. The fraction of sp³-hybridized carbons (Fsp3) is 0.909. The Labute approximate surface area is 112 Å². The smallest absolute Gasteiger partial charge is 0.432 e. The summed E-state index contributed by atoms with van der Waals surface area (Å²) in [5.41, 5.74) is 0. The molecule has 0 saturated heterocycles. The van der Waals surface area contributed by atoms with E-state index in [0.717, 1.165) is 0 Å². The highest BCUT2D eigenvalue weighted by Gasteiger charge is 2.13. The number of carbonyl (C=O) groups excluding carboxylic acids is 1. The third-order valence-corrected chi connectivity index (χ3v) is 2.29. The first-order valence-corrected chi connectivity index (χ1v) is 6.05. The Morgan fingerprint density at radius 2 is 1.84 bits per heavy atom. The molecule has 0 aliphatic carbocycles. The molecule has 0 spiro atoms. The molecule has 0 amide bonds. The first kappa shape index (κ1) is 17.4. The predicted octanol–water partition coefficient (Wildman–Crippen LogP) is 1.80. The van der Waals surface area contributed by atoms with Gasteiger partial charge >= 0.3 is 6.16 Å². The van der Waals surface area contributed by atoms with E-state index in [9.17, 15) is 14.9 Å². The molecule has 19 heavy (non-hydrogen) atoms. The van der Waals surface area contributed by atoms with Crippen molar-refractivity contribution < 1.29 is 28.9 Å². The molecular weight excluding hydrogens is 258 g/mol. The maximum Gasteiger partial charge on any atom is 0.508 e. The largest absolute Gasteiger partial charge is 0.508 e. The zero-order valence-electron chi connectivity index (χ0n) is 11.7. The molecule has 8 heteroatoms. The van der Waals surface area contributed by atoms with Crippen molar-refractivity contribution in [2.45, 2.75) is 39.9 Å². The van der Waals surface area contributed by atoms with Crippen molar-refractivity contribution in [1.82, 2.24) is 0 Å². The van der Waals surface area contributed by atoms with Crippen molar-refractivity contribution in [2.24, 2.45) is 5.92 Å². The fourth-order valence-electron chi connectivity index (χ4n) is 0.932. The van der Waals surface area contributed by atoms with E-state index in [0.29, 0.717) is 0 Å². The number of hydrogen-bond acceptors (Lipinski definition) is 7. The quantitative estimate of drug-likeness (QED) is 0.275. The zero-order chi connectivity index (χ0) is 14.8. The molecule has 8 nitrogen and oxygen atoms in total. The third kappa shape index (κ3) is 10.1. The van der Waals surface area contributed by atoms with Crippen LogP contribution in [0.25, 0.3) is 0 Å². The van der Waals surface area contributed by atoms with E-state index in [1.54, 1.807) is 6.92 Å². The third-order valence-electron chi connectivity index (χ3n) is 2.29. The van der Waals surface area contributed by atoms with E-state index in [1.165, 1.54) is 6.92 Å². The standard InChI is InChI=1S/C11H21NO7/c1-8(2)10(4)18-11(13)17-6-5-16-7-9(3)19-12(14)15/h8-10H,5-7H2,1-4H3. The number of carbonyl (C=O) groups is 1. The molecule has 0 aliphatic rings. The molecule has 0 radical (unpaired) electrons. The van der Waals surface area contributed by atoms with Gasteiger partial charge < -0.3 is 19.0 Å². The van der Waals surface area contributed by atoms with Crippen LogP contribution >= 0.6 is 0 Å². The average Bonchev–Trinajstić information content (AvgIpc) is 2.27. The summed E-state index contributed by atoms with van der Waals surface area (Å²) < 4.78 is 14.8. The molecule has 2 atom stereocenters. The highest BCUT2D eigenvalue weighted by molar-refractivity contribution is 5.60. The lowest BCUT2D eigenvalue weighted by atomic mass is 10.1. The molecule has 2 unspecified atom stereocenters. The van der Waals surface area contributed by atoms with Crippen molar-refractivity contribution in [3.63, 3.8) is 0 Å². The highest BCUT2D eigenvalue weighted by Crippen LogP contribution is 2.06. The van der Waals surface area contributed by atoms with Gasteiger partial charge in [0, 0.05) is 0 Å². The second-order valence-electron chi connectivity index (χ2n) is 4.38. The van der Waals surface area contributed by atoms with Crippen LogP contribution in [0, 0.1) is 16.0 Å². The molecule has 112 valence electrons. The Hall–Kier alpha value is -1.57. The minimum absolute atomic E-state index is 0.0227. The van der Waals surface area contributed by atoms with Crippen molar-refractivity contribution in [1.29, 1.82) is 0 Å². The molecule has 0 rings (SSSR count). The maximum atomic E-state index is 11.2. The van der Waals surface area contributed by atoms with Crippen LogP contribution < -0.4 is 0 Å². The van der Waals surface area contributed by atoms with E-state index in [-0.39, 0.29) is 31.8 Å². The van der Waals surface area contributed by atoms with Crippen molar-refractivity contribution in [2.75, 3.05) is 19.8 Å². The van der Waals surface area contributed by atoms with Crippen LogP contribution in [0.1, 0.15) is 27.7 Å². The van der Waals surface area contributed by atoms with Crippen molar-refractivity contribution in [3.8, 4) is 0 Å². The fourth-order valence-corrected chi connectivity index (χ4v) is 0.932. The lowest BCUT2D eigenvalue weighted by molar-refractivity contribution is -0.768. The van der Waals surface area contributed by atoms with Gasteiger partial charge in [-0.2, -0.15) is 0 Å². The van der Waals surface area contributed by atoms with Crippen LogP contribution in [0.4, 0.5) is 4.79 Å². The number of hydrogen-bond donors (Lipinski definition) is 0. The SMILES string of the molecule is CC(COCCOC(=O)OC(C)C(C)C)O[N+](=O)[O-]. The van der Waals surface area contributed by atoms with Gasteiger partial charge in [0.05, 0.1) is 13.2 Å². The summed E-state index contributed by atoms with van der Waals surface area (Å²) in [6.45, 7) is 7.32. The topological polar surface area (TPSA) is 97.1 Å². The second kappa shape index (κ2) is 9.37. The lowest BCUT2D eigenvalue weighted by Gasteiger charge is -2.16. The first-order chi connectivity index (χ1) is 8.82. The molecular formula is C11H21NO7. The Bertz CT molecular complexity index is 282. The summed E-state index contributed by atoms with van der Waals surface area (Å²) >= 11 is 0. The Morgan fingerprint density at radius 1 is 1.21 bits per heavy atom. The van der Waals surface area contributed by atoms with Gasteiger partial charge in [-0.3, -0.25) is 0 Å². The van der Waals surface area contributed by atoms with Crippen LogP contribution in [0.5, 0.6) is 0 Å². The molecule has 0 aromatic carbocycles. The first-order valence-electron chi connectivity index (χ1n) is 6.05. The van der Waals surface area contributed by atoms with E-state index in [1.807, 2.05) is 13.8 Å². The van der Waals surface area contributed by atoms with Crippen molar-refractivity contribution >= 4 is 6.16 Å². The Morgan fingerprint density at radius 3 is 2.37 bits per heavy atom. The average molecular weight is 279 g/mol. The van der Waals surface area contributed by atoms with E-state index in [2.05, 4.69) is 4.84 Å². The summed E-state index contributed by atoms with van der Waals surface area (Å²) in [4.78, 5) is 25.4. The lowest BCUT2D eigenvalue weighted by Crippen LogP contribution is -2.23. The minimum atomic E-state index is -0.880. The summed E-state index contributed by atoms with van der Waals surface area (Å²) in [6, 6.07) is 0. The molecule has 0 bridgehead atoms. The second-order valence-corrected chi connectivity index (χ2v) is 4.38. The summed E-state index contributed by atoms with van der Waals surface area (Å²) in [6.07, 6.45) is -1.63. The van der Waals surface area contributed by atoms with Gasteiger partial charge in [-0.1, -0.05) is 13.8 Å². The highest BCUT2D eigenvalue weighted by atomic mass is 17.0. The zero-order valence-corrected chi connectivity index (χ0v) is 11.7. The van der Waals surface area contributed by atoms with Crippen LogP contribution in [0.3, 0.4) is 0 Å². The van der Waals surface area contributed by atoms with Gasteiger partial charge in [0.15, 0.2) is 0 Å². The molecule has 0 saturated carbocycles. The monoisotopic (exact) mass is 279 g/mol. The molecule has 0 aliphatic heterocycles. The van der Waals surface area contributed by atoms with Gasteiger partial charge in [-0.15, -0.1) is 10.1 Å². The normalized spacial score (nSPS) is 13.7. The van der Waals surface area contributed by atoms with E-state index < -0.39 is 17.3 Å². The summed E-state index contributed by atoms with van der Waals surface area (Å²) in [7, 11) is 0. The van der Waals surface area contributed by atoms with Crippen LogP contribution in [-0.4, -0.2) is 43.3 Å². The van der Waals surface area contributed by atoms with Gasteiger partial charge in [0.2, 0.25) is 0 Å².